The number of carbonyl (C=O) groups is 1. The second-order valence-electron chi connectivity index (χ2n) is 3.43. The number of aryl methyl sites for hydroxylation is 1. The summed E-state index contributed by atoms with van der Waals surface area (Å²) in [5.74, 6) is 1.15. The molecule has 17 heavy (non-hydrogen) atoms. The van der Waals surface area contributed by atoms with E-state index < -0.39 is 0 Å². The molecule has 0 spiro atoms. The molecule has 1 heterocycles. The number of halogens is 1. The molecule has 0 aliphatic heterocycles. The fraction of sp³-hybridized carbons (Fsp3) is 0.167. The molecule has 4 nitrogen and oxygen atoms in total. The number of ether oxygens (including phenoxy) is 1. The maximum atomic E-state index is 10.9. The number of aldehydes is 1. The minimum Gasteiger partial charge on any atom is -0.453 e. The van der Waals surface area contributed by atoms with Crippen LogP contribution in [-0.4, -0.2) is 16.1 Å². The largest absolute Gasteiger partial charge is 0.453 e. The van der Waals surface area contributed by atoms with Crippen LogP contribution in [0.5, 0.6) is 11.5 Å². The molecule has 0 fully saturated rings. The van der Waals surface area contributed by atoms with E-state index in [1.54, 1.807) is 29.2 Å². The molecule has 0 bridgehead atoms. The van der Waals surface area contributed by atoms with Crippen LogP contribution in [0.25, 0.3) is 0 Å². The SMILES string of the molecule is CCn1cc(Oc2ccc(Br)cc2C=O)cn1. The van der Waals surface area contributed by atoms with Gasteiger partial charge >= 0.3 is 0 Å². The first-order chi connectivity index (χ1) is 8.22. The van der Waals surface area contributed by atoms with Crippen molar-refractivity contribution in [2.75, 3.05) is 0 Å². The lowest BCUT2D eigenvalue weighted by molar-refractivity contribution is 0.112. The second kappa shape index (κ2) is 5.14. The third-order valence-corrected chi connectivity index (χ3v) is 2.75. The Morgan fingerprint density at radius 2 is 2.35 bits per heavy atom. The molecular formula is C12H11BrN2O2. The smallest absolute Gasteiger partial charge is 0.165 e. The van der Waals surface area contributed by atoms with Gasteiger partial charge in [0.2, 0.25) is 0 Å². The molecule has 5 heteroatoms. The van der Waals surface area contributed by atoms with Crippen molar-refractivity contribution in [2.24, 2.45) is 0 Å². The van der Waals surface area contributed by atoms with Gasteiger partial charge in [-0.1, -0.05) is 15.9 Å². The lowest BCUT2D eigenvalue weighted by atomic mass is 10.2. The zero-order chi connectivity index (χ0) is 12.3. The van der Waals surface area contributed by atoms with Crippen LogP contribution in [-0.2, 0) is 6.54 Å². The van der Waals surface area contributed by atoms with Gasteiger partial charge in [0.1, 0.15) is 5.75 Å². The third-order valence-electron chi connectivity index (χ3n) is 2.26. The first kappa shape index (κ1) is 11.9. The average molecular weight is 295 g/mol. The van der Waals surface area contributed by atoms with Crippen LogP contribution >= 0.6 is 15.9 Å². The van der Waals surface area contributed by atoms with Crippen molar-refractivity contribution in [3.05, 3.63) is 40.6 Å². The Balaban J connectivity index is 2.26. The van der Waals surface area contributed by atoms with E-state index in [0.29, 0.717) is 17.1 Å². The summed E-state index contributed by atoms with van der Waals surface area (Å²) < 4.78 is 8.20. The monoisotopic (exact) mass is 294 g/mol. The van der Waals surface area contributed by atoms with Gasteiger partial charge in [0.15, 0.2) is 12.0 Å². The number of benzene rings is 1. The van der Waals surface area contributed by atoms with Crippen molar-refractivity contribution in [1.29, 1.82) is 0 Å². The Bertz CT molecular complexity index is 537. The molecule has 88 valence electrons. The molecule has 0 aliphatic rings. The van der Waals surface area contributed by atoms with Crippen LogP contribution in [0, 0.1) is 0 Å². The first-order valence-electron chi connectivity index (χ1n) is 5.18. The van der Waals surface area contributed by atoms with Crippen molar-refractivity contribution in [3.8, 4) is 11.5 Å². The Kier molecular flexibility index (Phi) is 3.58. The molecule has 1 aromatic carbocycles. The third kappa shape index (κ3) is 2.74. The minimum atomic E-state index is 0.503. The van der Waals surface area contributed by atoms with Gasteiger partial charge in [-0.15, -0.1) is 0 Å². The normalized spacial score (nSPS) is 10.2. The van der Waals surface area contributed by atoms with Gasteiger partial charge in [-0.2, -0.15) is 5.10 Å². The summed E-state index contributed by atoms with van der Waals surface area (Å²) in [4.78, 5) is 10.9. The fourth-order valence-electron chi connectivity index (χ4n) is 1.40. The van der Waals surface area contributed by atoms with E-state index in [1.165, 1.54) is 0 Å². The zero-order valence-corrected chi connectivity index (χ0v) is 10.8. The topological polar surface area (TPSA) is 44.1 Å². The molecule has 2 aromatic rings. The van der Waals surface area contributed by atoms with Gasteiger partial charge in [0.05, 0.1) is 18.0 Å². The highest BCUT2D eigenvalue weighted by Crippen LogP contribution is 2.26. The van der Waals surface area contributed by atoms with Gasteiger partial charge in [-0.05, 0) is 25.1 Å². The first-order valence-corrected chi connectivity index (χ1v) is 5.97. The Labute approximate surface area is 107 Å². The lowest BCUT2D eigenvalue weighted by Crippen LogP contribution is -1.92. The second-order valence-corrected chi connectivity index (χ2v) is 4.35. The van der Waals surface area contributed by atoms with E-state index in [2.05, 4.69) is 21.0 Å². The summed E-state index contributed by atoms with van der Waals surface area (Å²) in [6.07, 6.45) is 4.18. The molecule has 0 aliphatic carbocycles. The number of rotatable bonds is 4. The molecule has 0 saturated carbocycles. The lowest BCUT2D eigenvalue weighted by Gasteiger charge is -2.05. The molecular weight excluding hydrogens is 284 g/mol. The summed E-state index contributed by atoms with van der Waals surface area (Å²) >= 11 is 3.31. The van der Waals surface area contributed by atoms with Gasteiger partial charge < -0.3 is 4.74 Å². The maximum absolute atomic E-state index is 10.9. The summed E-state index contributed by atoms with van der Waals surface area (Å²) in [6.45, 7) is 2.78. The molecule has 1 aromatic heterocycles. The van der Waals surface area contributed by atoms with Crippen LogP contribution in [0.2, 0.25) is 0 Å². The number of aromatic nitrogens is 2. The van der Waals surface area contributed by atoms with Crippen molar-refractivity contribution in [2.45, 2.75) is 13.5 Å². The van der Waals surface area contributed by atoms with Crippen molar-refractivity contribution in [3.63, 3.8) is 0 Å². The Morgan fingerprint density at radius 1 is 1.53 bits per heavy atom. The summed E-state index contributed by atoms with van der Waals surface area (Å²) in [5.41, 5.74) is 0.503. The van der Waals surface area contributed by atoms with E-state index in [0.717, 1.165) is 17.3 Å². The predicted molar refractivity (Wildman–Crippen MR) is 67.5 cm³/mol. The van der Waals surface area contributed by atoms with Crippen LogP contribution < -0.4 is 4.74 Å². The molecule has 0 N–H and O–H groups in total. The van der Waals surface area contributed by atoms with Gasteiger partial charge in [0.25, 0.3) is 0 Å². The standard InChI is InChI=1S/C12H11BrN2O2/c1-2-15-7-11(6-14-15)17-12-4-3-10(13)5-9(12)8-16/h3-8H,2H2,1H3. The quantitative estimate of drug-likeness (QED) is 0.813. The van der Waals surface area contributed by atoms with Gasteiger partial charge in [0, 0.05) is 11.0 Å². The van der Waals surface area contributed by atoms with Crippen molar-refractivity contribution < 1.29 is 9.53 Å². The van der Waals surface area contributed by atoms with Gasteiger partial charge in [-0.25, -0.2) is 0 Å². The summed E-state index contributed by atoms with van der Waals surface area (Å²) in [5, 5.41) is 4.10. The number of hydrogen-bond donors (Lipinski definition) is 0. The van der Waals surface area contributed by atoms with E-state index in [4.69, 9.17) is 4.74 Å². The molecule has 2 rings (SSSR count). The number of nitrogens with zero attached hydrogens (tertiary/aromatic N) is 2. The Morgan fingerprint density at radius 3 is 3.00 bits per heavy atom. The summed E-state index contributed by atoms with van der Waals surface area (Å²) in [7, 11) is 0. The van der Waals surface area contributed by atoms with E-state index in [-0.39, 0.29) is 0 Å². The van der Waals surface area contributed by atoms with Gasteiger partial charge in [-0.3, -0.25) is 9.48 Å². The Hall–Kier alpha value is -1.62. The maximum Gasteiger partial charge on any atom is 0.165 e. The van der Waals surface area contributed by atoms with Crippen molar-refractivity contribution in [1.82, 2.24) is 9.78 Å². The van der Waals surface area contributed by atoms with E-state index in [9.17, 15) is 4.79 Å². The predicted octanol–water partition coefficient (Wildman–Crippen LogP) is 3.27. The van der Waals surface area contributed by atoms with Crippen molar-refractivity contribution >= 4 is 22.2 Å². The molecule has 0 unspecified atom stereocenters. The summed E-state index contributed by atoms with van der Waals surface area (Å²) in [6, 6.07) is 5.29. The van der Waals surface area contributed by atoms with Crippen LogP contribution in [0.3, 0.4) is 0 Å². The zero-order valence-electron chi connectivity index (χ0n) is 9.26. The molecule has 0 saturated heterocycles. The number of hydrogen-bond acceptors (Lipinski definition) is 3. The van der Waals surface area contributed by atoms with E-state index >= 15 is 0 Å². The van der Waals surface area contributed by atoms with Crippen LogP contribution in [0.15, 0.2) is 35.1 Å². The fourth-order valence-corrected chi connectivity index (χ4v) is 1.78. The minimum absolute atomic E-state index is 0.503. The number of carbonyl (C=O) groups excluding carboxylic acids is 1. The molecule has 0 amide bonds. The highest BCUT2D eigenvalue weighted by molar-refractivity contribution is 9.10. The van der Waals surface area contributed by atoms with E-state index in [1.807, 2.05) is 13.0 Å². The van der Waals surface area contributed by atoms with Crippen LogP contribution in [0.4, 0.5) is 0 Å². The molecule has 0 radical (unpaired) electrons. The average Bonchev–Trinajstić information content (AvgIpc) is 2.79. The van der Waals surface area contributed by atoms with Crippen LogP contribution in [0.1, 0.15) is 17.3 Å². The highest BCUT2D eigenvalue weighted by atomic mass is 79.9. The highest BCUT2D eigenvalue weighted by Gasteiger charge is 2.06. The molecule has 0 atom stereocenters.